The molecule has 2 heterocycles. The first-order valence-corrected chi connectivity index (χ1v) is 5.34. The largest absolute Gasteiger partial charge is 0.490 e. The van der Waals surface area contributed by atoms with Crippen molar-refractivity contribution in [3.63, 3.8) is 0 Å². The van der Waals surface area contributed by atoms with E-state index in [4.69, 9.17) is 4.74 Å². The molecular weight excluding hydrogens is 200 g/mol. The maximum atomic E-state index is 5.61. The summed E-state index contributed by atoms with van der Waals surface area (Å²) in [5.74, 6) is 0.942. The zero-order chi connectivity index (χ0) is 10.8. The first-order chi connectivity index (χ1) is 7.95. The molecule has 2 aromatic rings. The molecule has 0 atom stereocenters. The summed E-state index contributed by atoms with van der Waals surface area (Å²) < 4.78 is 5.61. The third-order valence-electron chi connectivity index (χ3n) is 2.69. The minimum atomic E-state index is 0.714. The summed E-state index contributed by atoms with van der Waals surface area (Å²) in [7, 11) is 0. The lowest BCUT2D eigenvalue weighted by Crippen LogP contribution is -2.28. The number of para-hydroxylation sites is 2. The minimum Gasteiger partial charge on any atom is -0.490 e. The van der Waals surface area contributed by atoms with Gasteiger partial charge in [0.1, 0.15) is 12.4 Å². The van der Waals surface area contributed by atoms with E-state index in [2.05, 4.69) is 22.0 Å². The van der Waals surface area contributed by atoms with Gasteiger partial charge in [0.05, 0.1) is 24.1 Å². The number of hydrogen-bond acceptors (Lipinski definition) is 3. The van der Waals surface area contributed by atoms with Crippen LogP contribution in [0, 0.1) is 0 Å². The van der Waals surface area contributed by atoms with Crippen molar-refractivity contribution in [2.24, 2.45) is 0 Å². The van der Waals surface area contributed by atoms with Gasteiger partial charge in [-0.15, -0.1) is 0 Å². The summed E-state index contributed by atoms with van der Waals surface area (Å²) in [5.41, 5.74) is 2.22. The fourth-order valence-electron chi connectivity index (χ4n) is 1.95. The standard InChI is InChI=1S/C13H12N2O/c1-2-6-13-12(5-1)15(8-9-16-13)11-4-3-7-14-10-11/h1-7,10H,8-9H2. The molecule has 16 heavy (non-hydrogen) atoms. The first-order valence-electron chi connectivity index (χ1n) is 5.34. The number of benzene rings is 1. The molecule has 1 aromatic heterocycles. The summed E-state index contributed by atoms with van der Waals surface area (Å²) >= 11 is 0. The van der Waals surface area contributed by atoms with Crippen molar-refractivity contribution in [2.75, 3.05) is 18.1 Å². The molecule has 1 aromatic carbocycles. The van der Waals surface area contributed by atoms with Crippen molar-refractivity contribution in [3.05, 3.63) is 48.8 Å². The predicted molar refractivity (Wildman–Crippen MR) is 63.2 cm³/mol. The Bertz CT molecular complexity index is 484. The fraction of sp³-hybridized carbons (Fsp3) is 0.154. The Morgan fingerprint density at radius 2 is 2.06 bits per heavy atom. The van der Waals surface area contributed by atoms with Crippen LogP contribution in [-0.4, -0.2) is 18.1 Å². The Labute approximate surface area is 94.3 Å². The molecular formula is C13H12N2O. The summed E-state index contributed by atoms with van der Waals surface area (Å²) in [6, 6.07) is 12.1. The van der Waals surface area contributed by atoms with Gasteiger partial charge in [0.15, 0.2) is 0 Å². The summed E-state index contributed by atoms with van der Waals surface area (Å²) in [5, 5.41) is 0. The lowest BCUT2D eigenvalue weighted by Gasteiger charge is -2.30. The van der Waals surface area contributed by atoms with Crippen LogP contribution in [0.3, 0.4) is 0 Å². The number of hydrogen-bond donors (Lipinski definition) is 0. The number of nitrogens with zero attached hydrogens (tertiary/aromatic N) is 2. The normalized spacial score (nSPS) is 14.1. The number of ether oxygens (including phenoxy) is 1. The van der Waals surface area contributed by atoms with Crippen molar-refractivity contribution < 1.29 is 4.74 Å². The van der Waals surface area contributed by atoms with E-state index >= 15 is 0 Å². The molecule has 1 aliphatic rings. The van der Waals surface area contributed by atoms with Gasteiger partial charge in [-0.2, -0.15) is 0 Å². The molecule has 0 amide bonds. The van der Waals surface area contributed by atoms with Crippen LogP contribution < -0.4 is 9.64 Å². The molecule has 3 rings (SSSR count). The van der Waals surface area contributed by atoms with Crippen LogP contribution in [0.4, 0.5) is 11.4 Å². The highest BCUT2D eigenvalue weighted by Gasteiger charge is 2.18. The summed E-state index contributed by atoms with van der Waals surface area (Å²) in [6.07, 6.45) is 3.66. The molecule has 0 bridgehead atoms. The maximum absolute atomic E-state index is 5.61. The number of pyridine rings is 1. The van der Waals surface area contributed by atoms with Gasteiger partial charge >= 0.3 is 0 Å². The number of rotatable bonds is 1. The average molecular weight is 212 g/mol. The number of aromatic nitrogens is 1. The topological polar surface area (TPSA) is 25.4 Å². The fourth-order valence-corrected chi connectivity index (χ4v) is 1.95. The zero-order valence-electron chi connectivity index (χ0n) is 8.84. The molecule has 3 heteroatoms. The molecule has 0 N–H and O–H groups in total. The van der Waals surface area contributed by atoms with E-state index in [1.165, 1.54) is 0 Å². The second-order valence-corrected chi connectivity index (χ2v) is 3.68. The van der Waals surface area contributed by atoms with E-state index in [1.54, 1.807) is 6.20 Å². The molecule has 0 fully saturated rings. The van der Waals surface area contributed by atoms with E-state index < -0.39 is 0 Å². The van der Waals surface area contributed by atoms with E-state index in [1.807, 2.05) is 30.5 Å². The third-order valence-corrected chi connectivity index (χ3v) is 2.69. The molecule has 3 nitrogen and oxygen atoms in total. The van der Waals surface area contributed by atoms with Crippen LogP contribution in [0.5, 0.6) is 5.75 Å². The van der Waals surface area contributed by atoms with E-state index in [9.17, 15) is 0 Å². The van der Waals surface area contributed by atoms with Crippen LogP contribution >= 0.6 is 0 Å². The Hall–Kier alpha value is -2.03. The third kappa shape index (κ3) is 1.50. The van der Waals surface area contributed by atoms with Gasteiger partial charge in [0.25, 0.3) is 0 Å². The Morgan fingerprint density at radius 3 is 2.94 bits per heavy atom. The van der Waals surface area contributed by atoms with Crippen LogP contribution in [0.1, 0.15) is 0 Å². The highest BCUT2D eigenvalue weighted by molar-refractivity contribution is 5.69. The van der Waals surface area contributed by atoms with E-state index in [-0.39, 0.29) is 0 Å². The molecule has 80 valence electrons. The monoisotopic (exact) mass is 212 g/mol. The molecule has 0 spiro atoms. The maximum Gasteiger partial charge on any atom is 0.143 e. The van der Waals surface area contributed by atoms with E-state index in [0.29, 0.717) is 6.61 Å². The SMILES string of the molecule is c1cncc(N2CCOc3ccccc32)c1. The highest BCUT2D eigenvalue weighted by atomic mass is 16.5. The van der Waals surface area contributed by atoms with Crippen molar-refractivity contribution in [3.8, 4) is 5.75 Å². The Balaban J connectivity index is 2.05. The summed E-state index contributed by atoms with van der Waals surface area (Å²) in [4.78, 5) is 6.38. The first kappa shape index (κ1) is 9.21. The second kappa shape index (κ2) is 3.85. The molecule has 0 unspecified atom stereocenters. The Morgan fingerprint density at radius 1 is 1.12 bits per heavy atom. The van der Waals surface area contributed by atoms with E-state index in [0.717, 1.165) is 23.7 Å². The number of fused-ring (bicyclic) bond motifs is 1. The second-order valence-electron chi connectivity index (χ2n) is 3.68. The van der Waals surface area contributed by atoms with Crippen LogP contribution in [0.25, 0.3) is 0 Å². The van der Waals surface area contributed by atoms with Gasteiger partial charge in [-0.3, -0.25) is 4.98 Å². The van der Waals surface area contributed by atoms with Gasteiger partial charge in [0, 0.05) is 6.20 Å². The van der Waals surface area contributed by atoms with Gasteiger partial charge < -0.3 is 9.64 Å². The molecule has 0 radical (unpaired) electrons. The number of anilines is 2. The van der Waals surface area contributed by atoms with Crippen molar-refractivity contribution >= 4 is 11.4 Å². The molecule has 1 aliphatic heterocycles. The van der Waals surface area contributed by atoms with Gasteiger partial charge in [0.2, 0.25) is 0 Å². The van der Waals surface area contributed by atoms with Crippen LogP contribution in [0.2, 0.25) is 0 Å². The lowest BCUT2D eigenvalue weighted by molar-refractivity contribution is 0.314. The molecule has 0 saturated heterocycles. The molecule has 0 saturated carbocycles. The Kier molecular flexibility index (Phi) is 2.22. The lowest BCUT2D eigenvalue weighted by atomic mass is 10.2. The average Bonchev–Trinajstić information content (AvgIpc) is 2.39. The van der Waals surface area contributed by atoms with Gasteiger partial charge in [-0.1, -0.05) is 12.1 Å². The van der Waals surface area contributed by atoms with Crippen LogP contribution in [0.15, 0.2) is 48.8 Å². The zero-order valence-corrected chi connectivity index (χ0v) is 8.84. The smallest absolute Gasteiger partial charge is 0.143 e. The van der Waals surface area contributed by atoms with Crippen molar-refractivity contribution in [1.82, 2.24) is 4.98 Å². The molecule has 0 aliphatic carbocycles. The van der Waals surface area contributed by atoms with Gasteiger partial charge in [-0.25, -0.2) is 0 Å². The highest BCUT2D eigenvalue weighted by Crippen LogP contribution is 2.35. The van der Waals surface area contributed by atoms with Crippen LogP contribution in [-0.2, 0) is 0 Å². The summed E-state index contributed by atoms with van der Waals surface area (Å²) in [6.45, 7) is 1.58. The quantitative estimate of drug-likeness (QED) is 0.726. The van der Waals surface area contributed by atoms with Gasteiger partial charge in [-0.05, 0) is 24.3 Å². The predicted octanol–water partition coefficient (Wildman–Crippen LogP) is 2.61. The van der Waals surface area contributed by atoms with Crippen molar-refractivity contribution in [1.29, 1.82) is 0 Å². The minimum absolute atomic E-state index is 0.714. The van der Waals surface area contributed by atoms with Crippen molar-refractivity contribution in [2.45, 2.75) is 0 Å².